The largest absolute Gasteiger partial charge is 0.495 e. The Morgan fingerprint density at radius 3 is 2.97 bits per heavy atom. The van der Waals surface area contributed by atoms with Gasteiger partial charge in [0.15, 0.2) is 5.11 Å². The Hall–Kier alpha value is -1.34. The highest BCUT2D eigenvalue weighted by Gasteiger charge is 2.17. The van der Waals surface area contributed by atoms with E-state index in [0.29, 0.717) is 10.8 Å². The van der Waals surface area contributed by atoms with Crippen LogP contribution in [-0.2, 0) is 6.54 Å². The summed E-state index contributed by atoms with van der Waals surface area (Å²) in [5, 5.41) is 6.77. The number of anilines is 1. The third kappa shape index (κ3) is 6.85. The summed E-state index contributed by atoms with van der Waals surface area (Å²) in [6.45, 7) is 7.68. The highest BCUT2D eigenvalue weighted by atomic mass is 35.5. The molecule has 0 bridgehead atoms. The van der Waals surface area contributed by atoms with Gasteiger partial charge < -0.3 is 19.9 Å². The van der Waals surface area contributed by atoms with E-state index in [1.807, 2.05) is 18.2 Å². The Morgan fingerprint density at radius 2 is 2.28 bits per heavy atom. The molecular weight excluding hydrogens is 422 g/mol. The van der Waals surface area contributed by atoms with Crippen molar-refractivity contribution in [3.63, 3.8) is 0 Å². The van der Waals surface area contributed by atoms with E-state index in [-0.39, 0.29) is 0 Å². The Bertz CT molecular complexity index is 784. The molecule has 1 atom stereocenters. The SMILES string of the molecule is COc1ccc(NC(=S)N(CCCN2CCC[C@@H](C)C2)Cc2cccs2)cc1Cl. The van der Waals surface area contributed by atoms with E-state index in [4.69, 9.17) is 28.6 Å². The van der Waals surface area contributed by atoms with Crippen LogP contribution in [0.5, 0.6) is 5.75 Å². The predicted molar refractivity (Wildman–Crippen MR) is 128 cm³/mol. The molecule has 1 aliphatic heterocycles. The van der Waals surface area contributed by atoms with Crippen molar-refractivity contribution in [1.29, 1.82) is 0 Å². The minimum absolute atomic E-state index is 0.573. The molecule has 158 valence electrons. The molecule has 0 aliphatic carbocycles. The first-order chi connectivity index (χ1) is 14.0. The maximum atomic E-state index is 6.26. The fourth-order valence-corrected chi connectivity index (χ4v) is 5.02. The summed E-state index contributed by atoms with van der Waals surface area (Å²) in [4.78, 5) is 6.16. The zero-order valence-corrected chi connectivity index (χ0v) is 19.6. The van der Waals surface area contributed by atoms with Crippen molar-refractivity contribution in [1.82, 2.24) is 9.80 Å². The Labute approximate surface area is 188 Å². The van der Waals surface area contributed by atoms with Gasteiger partial charge in [0.25, 0.3) is 0 Å². The Morgan fingerprint density at radius 1 is 1.41 bits per heavy atom. The highest BCUT2D eigenvalue weighted by molar-refractivity contribution is 7.80. The smallest absolute Gasteiger partial charge is 0.173 e. The minimum atomic E-state index is 0.573. The lowest BCUT2D eigenvalue weighted by molar-refractivity contribution is 0.177. The van der Waals surface area contributed by atoms with E-state index < -0.39 is 0 Å². The van der Waals surface area contributed by atoms with Crippen molar-refractivity contribution in [2.45, 2.75) is 32.7 Å². The van der Waals surface area contributed by atoms with E-state index in [1.165, 1.54) is 30.8 Å². The zero-order chi connectivity index (χ0) is 20.6. The van der Waals surface area contributed by atoms with Crippen molar-refractivity contribution in [2.75, 3.05) is 38.6 Å². The molecule has 2 aromatic rings. The molecule has 2 heterocycles. The van der Waals surface area contributed by atoms with Gasteiger partial charge in [0.1, 0.15) is 5.75 Å². The van der Waals surface area contributed by atoms with Gasteiger partial charge in [0, 0.05) is 23.7 Å². The number of likely N-dealkylation sites (tertiary alicyclic amines) is 1. The van der Waals surface area contributed by atoms with Gasteiger partial charge in [-0.05, 0) is 80.1 Å². The fourth-order valence-electron chi connectivity index (χ4n) is 3.76. The van der Waals surface area contributed by atoms with E-state index >= 15 is 0 Å². The zero-order valence-electron chi connectivity index (χ0n) is 17.2. The second-order valence-electron chi connectivity index (χ2n) is 7.68. The van der Waals surface area contributed by atoms with Crippen molar-refractivity contribution in [3.8, 4) is 5.75 Å². The van der Waals surface area contributed by atoms with Gasteiger partial charge in [-0.1, -0.05) is 24.6 Å². The third-order valence-corrected chi connectivity index (χ3v) is 6.78. The van der Waals surface area contributed by atoms with E-state index in [0.717, 1.165) is 42.8 Å². The average Bonchev–Trinajstić information content (AvgIpc) is 3.20. The van der Waals surface area contributed by atoms with Gasteiger partial charge in [-0.2, -0.15) is 0 Å². The molecule has 29 heavy (non-hydrogen) atoms. The summed E-state index contributed by atoms with van der Waals surface area (Å²) in [5.41, 5.74) is 0.877. The van der Waals surface area contributed by atoms with E-state index in [2.05, 4.69) is 39.6 Å². The number of hydrogen-bond donors (Lipinski definition) is 1. The predicted octanol–water partition coefficient (Wildman–Crippen LogP) is 5.73. The summed E-state index contributed by atoms with van der Waals surface area (Å²) in [6, 6.07) is 9.90. The second kappa shape index (κ2) is 11.2. The van der Waals surface area contributed by atoms with Crippen LogP contribution in [0.25, 0.3) is 0 Å². The van der Waals surface area contributed by atoms with Crippen LogP contribution in [0, 0.1) is 5.92 Å². The summed E-state index contributed by atoms with van der Waals surface area (Å²) < 4.78 is 5.23. The summed E-state index contributed by atoms with van der Waals surface area (Å²) >= 11 is 13.8. The lowest BCUT2D eigenvalue weighted by Crippen LogP contribution is -2.39. The summed E-state index contributed by atoms with van der Waals surface area (Å²) in [7, 11) is 1.62. The van der Waals surface area contributed by atoms with Gasteiger partial charge in [-0.15, -0.1) is 11.3 Å². The Kier molecular flexibility index (Phi) is 8.60. The van der Waals surface area contributed by atoms with Crippen LogP contribution in [0.2, 0.25) is 5.02 Å². The molecule has 0 spiro atoms. The molecule has 1 fully saturated rings. The first kappa shape index (κ1) is 22.3. The first-order valence-corrected chi connectivity index (χ1v) is 11.9. The third-order valence-electron chi connectivity index (χ3n) is 5.26. The number of thiocarbonyl (C=S) groups is 1. The molecule has 4 nitrogen and oxygen atoms in total. The minimum Gasteiger partial charge on any atom is -0.495 e. The van der Waals surface area contributed by atoms with Crippen LogP contribution in [0.3, 0.4) is 0 Å². The number of nitrogens with zero attached hydrogens (tertiary/aromatic N) is 2. The van der Waals surface area contributed by atoms with Crippen molar-refractivity contribution in [3.05, 3.63) is 45.6 Å². The maximum absolute atomic E-state index is 6.26. The molecule has 0 unspecified atom stereocenters. The normalized spacial score (nSPS) is 17.1. The van der Waals surface area contributed by atoms with Crippen LogP contribution in [0.4, 0.5) is 5.69 Å². The second-order valence-corrected chi connectivity index (χ2v) is 9.51. The monoisotopic (exact) mass is 451 g/mol. The first-order valence-electron chi connectivity index (χ1n) is 10.2. The van der Waals surface area contributed by atoms with Gasteiger partial charge in [-0.3, -0.25) is 0 Å². The fraction of sp³-hybridized carbons (Fsp3) is 0.500. The van der Waals surface area contributed by atoms with Crippen molar-refractivity contribution < 1.29 is 4.74 Å². The molecule has 0 saturated carbocycles. The van der Waals surface area contributed by atoms with Crippen LogP contribution < -0.4 is 10.1 Å². The number of halogens is 1. The molecular formula is C22H30ClN3OS2. The van der Waals surface area contributed by atoms with Gasteiger partial charge >= 0.3 is 0 Å². The molecule has 0 radical (unpaired) electrons. The lowest BCUT2D eigenvalue weighted by atomic mass is 10.0. The van der Waals surface area contributed by atoms with Gasteiger partial charge in [0.05, 0.1) is 18.7 Å². The van der Waals surface area contributed by atoms with Gasteiger partial charge in [0.2, 0.25) is 0 Å². The average molecular weight is 452 g/mol. The quantitative estimate of drug-likeness (QED) is 0.517. The standard InChI is InChI=1S/C22H30ClN3OS2/c1-17-6-3-10-25(15-17)11-5-12-26(16-19-7-4-13-29-19)22(28)24-18-8-9-21(27-2)20(23)14-18/h4,7-9,13-14,17H,3,5-6,10-12,15-16H2,1-2H3,(H,24,28)/t17-/m1/s1. The molecule has 1 aliphatic rings. The van der Waals surface area contributed by atoms with E-state index in [1.54, 1.807) is 18.4 Å². The van der Waals surface area contributed by atoms with Crippen LogP contribution in [0.1, 0.15) is 31.1 Å². The molecule has 7 heteroatoms. The molecule has 0 amide bonds. The number of thiophene rings is 1. The number of piperidine rings is 1. The molecule has 1 saturated heterocycles. The summed E-state index contributed by atoms with van der Waals surface area (Å²) in [5.74, 6) is 1.47. The molecule has 3 rings (SSSR count). The van der Waals surface area contributed by atoms with Crippen molar-refractivity contribution in [2.24, 2.45) is 5.92 Å². The number of ether oxygens (including phenoxy) is 1. The maximum Gasteiger partial charge on any atom is 0.173 e. The summed E-state index contributed by atoms with van der Waals surface area (Å²) in [6.07, 6.45) is 3.78. The number of nitrogens with one attached hydrogen (secondary N) is 1. The topological polar surface area (TPSA) is 27.7 Å². The lowest BCUT2D eigenvalue weighted by Gasteiger charge is -2.32. The number of rotatable bonds is 8. The number of methoxy groups -OCH3 is 1. The highest BCUT2D eigenvalue weighted by Crippen LogP contribution is 2.27. The van der Waals surface area contributed by atoms with Crippen molar-refractivity contribution >= 4 is 46.0 Å². The van der Waals surface area contributed by atoms with E-state index in [9.17, 15) is 0 Å². The molecule has 1 aromatic heterocycles. The number of benzene rings is 1. The number of hydrogen-bond acceptors (Lipinski definition) is 4. The molecule has 1 aromatic carbocycles. The Balaban J connectivity index is 1.59. The van der Waals surface area contributed by atoms with Gasteiger partial charge in [-0.25, -0.2) is 0 Å². The molecule has 1 N–H and O–H groups in total. The van der Waals surface area contributed by atoms with Crippen LogP contribution in [0.15, 0.2) is 35.7 Å². The van der Waals surface area contributed by atoms with Crippen LogP contribution in [-0.4, -0.2) is 48.2 Å². The van der Waals surface area contributed by atoms with Crippen LogP contribution >= 0.6 is 35.2 Å².